The Morgan fingerprint density at radius 3 is 2.80 bits per heavy atom. The molecule has 0 saturated carbocycles. The first kappa shape index (κ1) is 16.4. The number of nitro benzene ring substituents is 1. The van der Waals surface area contributed by atoms with Gasteiger partial charge >= 0.3 is 0 Å². The monoisotopic (exact) mass is 345 g/mol. The molecule has 1 aromatic rings. The van der Waals surface area contributed by atoms with Gasteiger partial charge in [0.1, 0.15) is 5.75 Å². The Balaban J connectivity index is 2.33. The number of carbonyl (C=O) groups is 1. The van der Waals surface area contributed by atoms with Crippen LogP contribution in [0.2, 0.25) is 0 Å². The Hall–Kier alpha value is -1.67. The van der Waals surface area contributed by atoms with Crippen molar-refractivity contribution in [1.29, 1.82) is 0 Å². The highest BCUT2D eigenvalue weighted by Gasteiger charge is 2.10. The van der Waals surface area contributed by atoms with Crippen LogP contribution in [0.1, 0.15) is 25.7 Å². The molecule has 0 aliphatic heterocycles. The third kappa shape index (κ3) is 5.54. The summed E-state index contributed by atoms with van der Waals surface area (Å²) in [7, 11) is 0. The van der Waals surface area contributed by atoms with Gasteiger partial charge in [0.2, 0.25) is 5.91 Å². The van der Waals surface area contributed by atoms with Crippen LogP contribution < -0.4 is 16.0 Å². The number of hydrogen-bond donors (Lipinski definition) is 2. The van der Waals surface area contributed by atoms with Crippen molar-refractivity contribution in [3.8, 4) is 5.75 Å². The summed E-state index contributed by atoms with van der Waals surface area (Å²) >= 11 is 3.28. The summed E-state index contributed by atoms with van der Waals surface area (Å²) in [6.07, 6.45) is 2.69. The number of hydrazine groups is 1. The van der Waals surface area contributed by atoms with Gasteiger partial charge in [-0.05, 0) is 41.3 Å². The second-order valence-corrected chi connectivity index (χ2v) is 4.95. The van der Waals surface area contributed by atoms with Gasteiger partial charge in [-0.15, -0.1) is 0 Å². The lowest BCUT2D eigenvalue weighted by Gasteiger charge is -2.07. The van der Waals surface area contributed by atoms with Crippen LogP contribution in [0, 0.1) is 10.1 Å². The Labute approximate surface area is 124 Å². The van der Waals surface area contributed by atoms with Crippen LogP contribution in [-0.4, -0.2) is 17.4 Å². The highest BCUT2D eigenvalue weighted by Crippen LogP contribution is 2.29. The van der Waals surface area contributed by atoms with Crippen LogP contribution in [0.3, 0.4) is 0 Å². The smallest absolute Gasteiger partial charge is 0.273 e. The molecule has 7 nitrogen and oxygen atoms in total. The average molecular weight is 346 g/mol. The van der Waals surface area contributed by atoms with E-state index in [9.17, 15) is 14.9 Å². The number of carbonyl (C=O) groups excluding carboxylic acids is 1. The molecule has 0 unspecified atom stereocenters. The van der Waals surface area contributed by atoms with E-state index in [1.165, 1.54) is 12.1 Å². The first-order valence-corrected chi connectivity index (χ1v) is 6.90. The second kappa shape index (κ2) is 8.49. The predicted molar refractivity (Wildman–Crippen MR) is 77.1 cm³/mol. The van der Waals surface area contributed by atoms with Crippen molar-refractivity contribution in [2.75, 3.05) is 6.61 Å². The van der Waals surface area contributed by atoms with E-state index >= 15 is 0 Å². The van der Waals surface area contributed by atoms with Crippen LogP contribution in [0.5, 0.6) is 5.75 Å². The summed E-state index contributed by atoms with van der Waals surface area (Å²) < 4.78 is 6.16. The van der Waals surface area contributed by atoms with Crippen molar-refractivity contribution in [1.82, 2.24) is 5.43 Å². The number of nitrogens with two attached hydrogens (primary N) is 1. The quantitative estimate of drug-likeness (QED) is 0.247. The highest BCUT2D eigenvalue weighted by atomic mass is 79.9. The van der Waals surface area contributed by atoms with Gasteiger partial charge in [0.05, 0.1) is 22.1 Å². The number of rotatable bonds is 8. The molecular formula is C12H16BrN3O4. The number of halogens is 1. The van der Waals surface area contributed by atoms with E-state index < -0.39 is 4.92 Å². The molecule has 0 bridgehead atoms. The minimum Gasteiger partial charge on any atom is -0.492 e. The Bertz CT molecular complexity index is 482. The van der Waals surface area contributed by atoms with Gasteiger partial charge in [0.25, 0.3) is 5.69 Å². The number of amides is 1. The summed E-state index contributed by atoms with van der Waals surface area (Å²) in [5.41, 5.74) is 2.05. The summed E-state index contributed by atoms with van der Waals surface area (Å²) in [6.45, 7) is 0.435. The zero-order valence-electron chi connectivity index (χ0n) is 10.8. The van der Waals surface area contributed by atoms with Gasteiger partial charge in [-0.25, -0.2) is 5.84 Å². The molecule has 0 aliphatic carbocycles. The van der Waals surface area contributed by atoms with Crippen molar-refractivity contribution >= 4 is 27.5 Å². The number of benzene rings is 1. The van der Waals surface area contributed by atoms with Crippen LogP contribution in [0.4, 0.5) is 5.69 Å². The number of non-ortho nitro benzene ring substituents is 1. The number of hydrogen-bond acceptors (Lipinski definition) is 5. The molecule has 0 spiro atoms. The van der Waals surface area contributed by atoms with E-state index in [1.54, 1.807) is 6.07 Å². The topological polar surface area (TPSA) is 107 Å². The minimum absolute atomic E-state index is 0.0113. The SMILES string of the molecule is NNC(=O)CCCCCOc1cc([N+](=O)[O-])ccc1Br. The molecule has 1 rings (SSSR count). The first-order valence-electron chi connectivity index (χ1n) is 6.10. The number of ether oxygens (including phenoxy) is 1. The molecule has 3 N–H and O–H groups in total. The Kier molecular flexibility index (Phi) is 6.96. The number of unbranched alkanes of at least 4 members (excludes halogenated alkanes) is 2. The maximum atomic E-state index is 10.9. The van der Waals surface area contributed by atoms with Gasteiger partial charge in [-0.1, -0.05) is 0 Å². The Morgan fingerprint density at radius 1 is 1.40 bits per heavy atom. The van der Waals surface area contributed by atoms with Crippen molar-refractivity contribution < 1.29 is 14.5 Å². The third-order valence-corrected chi connectivity index (χ3v) is 3.25. The number of nitrogens with one attached hydrogen (secondary N) is 1. The second-order valence-electron chi connectivity index (χ2n) is 4.10. The van der Waals surface area contributed by atoms with E-state index in [0.29, 0.717) is 23.2 Å². The normalized spacial score (nSPS) is 10.1. The minimum atomic E-state index is -0.468. The largest absolute Gasteiger partial charge is 0.492 e. The van der Waals surface area contributed by atoms with Crippen LogP contribution in [-0.2, 0) is 4.79 Å². The predicted octanol–water partition coefficient (Wildman–Crippen LogP) is 2.29. The molecule has 0 fully saturated rings. The summed E-state index contributed by atoms with van der Waals surface area (Å²) in [4.78, 5) is 21.1. The molecule has 1 amide bonds. The van der Waals surface area contributed by atoms with Crippen molar-refractivity contribution in [2.45, 2.75) is 25.7 Å². The molecule has 0 saturated heterocycles. The molecule has 0 radical (unpaired) electrons. The fourth-order valence-corrected chi connectivity index (χ4v) is 1.90. The van der Waals surface area contributed by atoms with Crippen LogP contribution in [0.25, 0.3) is 0 Å². The van der Waals surface area contributed by atoms with Crippen molar-refractivity contribution in [3.05, 3.63) is 32.8 Å². The lowest BCUT2D eigenvalue weighted by molar-refractivity contribution is -0.385. The maximum absolute atomic E-state index is 10.9. The van der Waals surface area contributed by atoms with Gasteiger partial charge in [-0.2, -0.15) is 0 Å². The van der Waals surface area contributed by atoms with Crippen molar-refractivity contribution in [2.24, 2.45) is 5.84 Å². The van der Waals surface area contributed by atoms with E-state index in [1.807, 2.05) is 0 Å². The standard InChI is InChI=1S/C12H16BrN3O4/c13-10-6-5-9(16(18)19)8-11(10)20-7-3-1-2-4-12(17)15-14/h5-6,8H,1-4,7,14H2,(H,15,17). The fraction of sp³-hybridized carbons (Fsp3) is 0.417. The zero-order chi connectivity index (χ0) is 15.0. The van der Waals surface area contributed by atoms with Gasteiger partial charge in [0.15, 0.2) is 0 Å². The highest BCUT2D eigenvalue weighted by molar-refractivity contribution is 9.10. The maximum Gasteiger partial charge on any atom is 0.273 e. The van der Waals surface area contributed by atoms with E-state index in [4.69, 9.17) is 10.6 Å². The van der Waals surface area contributed by atoms with E-state index in [0.717, 1.165) is 19.3 Å². The molecule has 0 atom stereocenters. The van der Waals surface area contributed by atoms with Crippen molar-refractivity contribution in [3.63, 3.8) is 0 Å². The lowest BCUT2D eigenvalue weighted by atomic mass is 10.2. The molecule has 110 valence electrons. The summed E-state index contributed by atoms with van der Waals surface area (Å²) in [5.74, 6) is 5.22. The molecular weight excluding hydrogens is 330 g/mol. The molecule has 0 aromatic heterocycles. The molecule has 0 heterocycles. The van der Waals surface area contributed by atoms with Crippen LogP contribution in [0.15, 0.2) is 22.7 Å². The Morgan fingerprint density at radius 2 is 2.15 bits per heavy atom. The van der Waals surface area contributed by atoms with Gasteiger partial charge < -0.3 is 4.74 Å². The van der Waals surface area contributed by atoms with E-state index in [-0.39, 0.29) is 11.6 Å². The number of nitrogens with zero attached hydrogens (tertiary/aromatic N) is 1. The zero-order valence-corrected chi connectivity index (χ0v) is 12.4. The van der Waals surface area contributed by atoms with Gasteiger partial charge in [-0.3, -0.25) is 20.3 Å². The molecule has 8 heteroatoms. The number of nitro groups is 1. The molecule has 0 aliphatic rings. The molecule has 1 aromatic carbocycles. The van der Waals surface area contributed by atoms with Gasteiger partial charge in [0, 0.05) is 12.5 Å². The third-order valence-electron chi connectivity index (χ3n) is 2.59. The van der Waals surface area contributed by atoms with E-state index in [2.05, 4.69) is 21.4 Å². The lowest BCUT2D eigenvalue weighted by Crippen LogP contribution is -2.29. The molecule has 20 heavy (non-hydrogen) atoms. The summed E-state index contributed by atoms with van der Waals surface area (Å²) in [6, 6.07) is 4.37. The average Bonchev–Trinajstić information content (AvgIpc) is 2.43. The van der Waals surface area contributed by atoms with Crippen LogP contribution >= 0.6 is 15.9 Å². The fourth-order valence-electron chi connectivity index (χ4n) is 1.53. The summed E-state index contributed by atoms with van der Waals surface area (Å²) in [5, 5.41) is 10.7. The first-order chi connectivity index (χ1) is 9.54.